The number of anilines is 1. The lowest BCUT2D eigenvalue weighted by Crippen LogP contribution is -2.26. The number of rotatable bonds is 7. The van der Waals surface area contributed by atoms with Crippen molar-refractivity contribution < 1.29 is 23.0 Å². The van der Waals surface area contributed by atoms with Crippen LogP contribution in [0.3, 0.4) is 0 Å². The molecule has 132 valence electrons. The summed E-state index contributed by atoms with van der Waals surface area (Å²) in [6.45, 7) is 7.21. The Morgan fingerprint density at radius 1 is 1.21 bits per heavy atom. The van der Waals surface area contributed by atoms with Gasteiger partial charge in [-0.25, -0.2) is 0 Å². The summed E-state index contributed by atoms with van der Waals surface area (Å²) in [5, 5.41) is 22.5. The number of hydrogen-bond donors (Lipinski definition) is 0. The molecule has 0 aliphatic heterocycles. The second-order valence-electron chi connectivity index (χ2n) is 5.26. The van der Waals surface area contributed by atoms with Crippen molar-refractivity contribution in [3.63, 3.8) is 0 Å². The van der Waals surface area contributed by atoms with Crippen LogP contribution in [-0.4, -0.2) is 29.1 Å². The normalized spacial score (nSPS) is 11.2. The molecule has 10 heteroatoms. The van der Waals surface area contributed by atoms with Crippen LogP contribution in [0.15, 0.2) is 24.3 Å². The molecule has 1 aromatic carbocycles. The van der Waals surface area contributed by atoms with Crippen LogP contribution < -0.4 is 4.90 Å². The molecule has 0 saturated heterocycles. The minimum atomic E-state index is -4.63. The van der Waals surface area contributed by atoms with Gasteiger partial charge in [-0.3, -0.25) is 20.2 Å². The van der Waals surface area contributed by atoms with Crippen molar-refractivity contribution in [3.8, 4) is 0 Å². The summed E-state index contributed by atoms with van der Waals surface area (Å²) in [4.78, 5) is 22.1. The van der Waals surface area contributed by atoms with E-state index < -0.39 is 39.4 Å². The van der Waals surface area contributed by atoms with E-state index in [4.69, 9.17) is 0 Å². The first-order valence-corrected chi connectivity index (χ1v) is 6.88. The Morgan fingerprint density at radius 3 is 1.96 bits per heavy atom. The fraction of sp³-hybridized carbons (Fsp3) is 0.429. The number of alkyl halides is 3. The topological polar surface area (TPSA) is 89.5 Å². The second kappa shape index (κ2) is 7.28. The minimum Gasteiger partial charge on any atom is -0.357 e. The van der Waals surface area contributed by atoms with Gasteiger partial charge in [-0.05, 0) is 19.4 Å². The molecule has 1 rings (SSSR count). The van der Waals surface area contributed by atoms with Crippen LogP contribution in [0, 0.1) is 20.2 Å². The predicted octanol–water partition coefficient (Wildman–Crippen LogP) is 4.01. The van der Waals surface area contributed by atoms with Gasteiger partial charge in [0.2, 0.25) is 0 Å². The predicted molar refractivity (Wildman–Crippen MR) is 82.2 cm³/mol. The van der Waals surface area contributed by atoms with E-state index in [0.717, 1.165) is 12.1 Å². The Kier molecular flexibility index (Phi) is 5.88. The molecular weight excluding hydrogens is 331 g/mol. The number of nitro groups is 2. The largest absolute Gasteiger partial charge is 0.393 e. The summed E-state index contributed by atoms with van der Waals surface area (Å²) in [6.07, 6.45) is -6.12. The summed E-state index contributed by atoms with van der Waals surface area (Å²) in [5.74, 6) is 0. The smallest absolute Gasteiger partial charge is 0.357 e. The SMILES string of the molecule is C=C(C)CN(CC)c1c([N+](=O)[O-])cc(CC(F)(F)F)cc1[N+](=O)[O-]. The van der Waals surface area contributed by atoms with Crippen LogP contribution >= 0.6 is 0 Å². The van der Waals surface area contributed by atoms with Crippen molar-refractivity contribution in [1.29, 1.82) is 0 Å². The molecular formula is C14H16F3N3O4. The first-order valence-electron chi connectivity index (χ1n) is 6.88. The molecule has 1 aromatic rings. The van der Waals surface area contributed by atoms with Crippen LogP contribution in [0.2, 0.25) is 0 Å². The Hall–Kier alpha value is -2.65. The third-order valence-electron chi connectivity index (χ3n) is 3.09. The molecule has 0 saturated carbocycles. The summed E-state index contributed by atoms with van der Waals surface area (Å²) in [5.41, 5.74) is -1.71. The maximum Gasteiger partial charge on any atom is 0.393 e. The highest BCUT2D eigenvalue weighted by atomic mass is 19.4. The summed E-state index contributed by atoms with van der Waals surface area (Å²) < 4.78 is 37.6. The quantitative estimate of drug-likeness (QED) is 0.422. The zero-order valence-corrected chi connectivity index (χ0v) is 13.1. The molecule has 24 heavy (non-hydrogen) atoms. The highest BCUT2D eigenvalue weighted by Crippen LogP contribution is 2.40. The molecule has 0 unspecified atom stereocenters. The van der Waals surface area contributed by atoms with Gasteiger partial charge in [0.1, 0.15) is 0 Å². The number of halogens is 3. The van der Waals surface area contributed by atoms with Crippen LogP contribution in [0.5, 0.6) is 0 Å². The monoisotopic (exact) mass is 347 g/mol. The van der Waals surface area contributed by atoms with Gasteiger partial charge in [-0.15, -0.1) is 0 Å². The minimum absolute atomic E-state index is 0.108. The van der Waals surface area contributed by atoms with Crippen molar-refractivity contribution in [3.05, 3.63) is 50.1 Å². The molecule has 0 radical (unpaired) electrons. The molecule has 0 aromatic heterocycles. The molecule has 7 nitrogen and oxygen atoms in total. The van der Waals surface area contributed by atoms with Crippen LogP contribution in [0.25, 0.3) is 0 Å². The molecule has 0 aliphatic rings. The van der Waals surface area contributed by atoms with Gasteiger partial charge >= 0.3 is 6.18 Å². The van der Waals surface area contributed by atoms with E-state index in [2.05, 4.69) is 6.58 Å². The van der Waals surface area contributed by atoms with Crippen molar-refractivity contribution in [2.24, 2.45) is 0 Å². The Morgan fingerprint density at radius 2 is 1.67 bits per heavy atom. The molecule has 0 atom stereocenters. The average molecular weight is 347 g/mol. The summed E-state index contributed by atoms with van der Waals surface area (Å²) >= 11 is 0. The van der Waals surface area contributed by atoms with E-state index in [1.807, 2.05) is 0 Å². The summed E-state index contributed by atoms with van der Waals surface area (Å²) in [7, 11) is 0. The fourth-order valence-corrected chi connectivity index (χ4v) is 2.27. The summed E-state index contributed by atoms with van der Waals surface area (Å²) in [6, 6.07) is 1.47. The van der Waals surface area contributed by atoms with Crippen LogP contribution in [0.4, 0.5) is 30.2 Å². The van der Waals surface area contributed by atoms with E-state index in [1.165, 1.54) is 4.90 Å². The lowest BCUT2D eigenvalue weighted by atomic mass is 10.1. The standard InChI is InChI=1S/C14H16F3N3O4/c1-4-18(8-9(2)3)13-11(19(21)22)5-10(7-14(15,16)17)6-12(13)20(23)24/h5-6H,2,4,7-8H2,1,3H3. The highest BCUT2D eigenvalue weighted by Gasteiger charge is 2.34. The van der Waals surface area contributed by atoms with Gasteiger partial charge in [0, 0.05) is 25.2 Å². The van der Waals surface area contributed by atoms with Crippen molar-refractivity contribution in [1.82, 2.24) is 0 Å². The van der Waals surface area contributed by atoms with Gasteiger partial charge in [0.25, 0.3) is 11.4 Å². The van der Waals surface area contributed by atoms with Gasteiger partial charge in [-0.1, -0.05) is 12.2 Å². The van der Waals surface area contributed by atoms with Crippen molar-refractivity contribution in [2.75, 3.05) is 18.0 Å². The highest BCUT2D eigenvalue weighted by molar-refractivity contribution is 5.76. The number of hydrogen-bond acceptors (Lipinski definition) is 5. The van der Waals surface area contributed by atoms with E-state index in [9.17, 15) is 33.4 Å². The maximum absolute atomic E-state index is 12.5. The third-order valence-corrected chi connectivity index (χ3v) is 3.09. The molecule has 0 bridgehead atoms. The van der Waals surface area contributed by atoms with Gasteiger partial charge < -0.3 is 4.90 Å². The number of likely N-dealkylation sites (N-methyl/N-ethyl adjacent to an activating group) is 1. The van der Waals surface area contributed by atoms with Gasteiger partial charge in [0.05, 0.1) is 16.3 Å². The van der Waals surface area contributed by atoms with E-state index in [-0.39, 0.29) is 18.8 Å². The average Bonchev–Trinajstić information content (AvgIpc) is 2.41. The number of nitrogens with zero attached hydrogens (tertiary/aromatic N) is 3. The first-order chi connectivity index (χ1) is 11.0. The van der Waals surface area contributed by atoms with Crippen molar-refractivity contribution in [2.45, 2.75) is 26.4 Å². The zero-order valence-electron chi connectivity index (χ0n) is 13.1. The molecule has 0 heterocycles. The molecule has 0 fully saturated rings. The first kappa shape index (κ1) is 19.4. The number of benzene rings is 1. The Bertz CT molecular complexity index is 639. The molecule has 0 spiro atoms. The van der Waals surface area contributed by atoms with Gasteiger partial charge in [0.15, 0.2) is 5.69 Å². The lowest BCUT2D eigenvalue weighted by Gasteiger charge is -2.23. The van der Waals surface area contributed by atoms with Crippen LogP contribution in [-0.2, 0) is 6.42 Å². The molecule has 0 aliphatic carbocycles. The Balaban J connectivity index is 3.62. The Labute approximate surface area is 135 Å². The van der Waals surface area contributed by atoms with Gasteiger partial charge in [-0.2, -0.15) is 13.2 Å². The molecule has 0 N–H and O–H groups in total. The maximum atomic E-state index is 12.5. The second-order valence-corrected chi connectivity index (χ2v) is 5.26. The fourth-order valence-electron chi connectivity index (χ4n) is 2.27. The van der Waals surface area contributed by atoms with E-state index >= 15 is 0 Å². The van der Waals surface area contributed by atoms with E-state index in [1.54, 1.807) is 13.8 Å². The lowest BCUT2D eigenvalue weighted by molar-refractivity contribution is -0.392. The number of nitro benzene ring substituents is 2. The zero-order chi connectivity index (χ0) is 18.7. The van der Waals surface area contributed by atoms with Crippen molar-refractivity contribution >= 4 is 17.1 Å². The third kappa shape index (κ3) is 4.93. The van der Waals surface area contributed by atoms with E-state index in [0.29, 0.717) is 5.57 Å². The molecule has 0 amide bonds. The van der Waals surface area contributed by atoms with Crippen LogP contribution in [0.1, 0.15) is 19.4 Å².